The third kappa shape index (κ3) is 5.04. The van der Waals surface area contributed by atoms with Gasteiger partial charge in [0, 0.05) is 24.2 Å². The summed E-state index contributed by atoms with van der Waals surface area (Å²) >= 11 is 12.4. The molecule has 0 aliphatic carbocycles. The highest BCUT2D eigenvalue weighted by Crippen LogP contribution is 2.47. The van der Waals surface area contributed by atoms with E-state index in [0.29, 0.717) is 28.5 Å². The average Bonchev–Trinajstić information content (AvgIpc) is 3.21. The molecule has 9 heteroatoms. The summed E-state index contributed by atoms with van der Waals surface area (Å²) in [7, 11) is 1.37. The van der Waals surface area contributed by atoms with Gasteiger partial charge in [0.05, 0.1) is 28.4 Å². The summed E-state index contributed by atoms with van der Waals surface area (Å²) in [6.07, 6.45) is 1.57. The Kier molecular flexibility index (Phi) is 7.12. The highest BCUT2D eigenvalue weighted by molar-refractivity contribution is 6.44. The Bertz CT molecular complexity index is 1340. The van der Waals surface area contributed by atoms with Crippen LogP contribution in [0.1, 0.15) is 34.3 Å². The van der Waals surface area contributed by atoms with Gasteiger partial charge in [-0.3, -0.25) is 9.80 Å². The molecule has 2 aliphatic rings. The minimum atomic E-state index is -0.357. The number of urea groups is 1. The third-order valence-corrected chi connectivity index (χ3v) is 8.13. The number of benzene rings is 3. The van der Waals surface area contributed by atoms with Crippen LogP contribution in [0.4, 0.5) is 20.6 Å². The number of nitrogens with one attached hydrogen (secondary N) is 1. The number of nitrogens with zero attached hydrogens (tertiary/aromatic N) is 2. The number of piperidine rings is 1. The smallest absolute Gasteiger partial charge is 0.337 e. The normalized spacial score (nSPS) is 16.5. The molecule has 192 valence electrons. The van der Waals surface area contributed by atoms with Crippen molar-refractivity contribution in [2.45, 2.75) is 24.8 Å². The summed E-state index contributed by atoms with van der Waals surface area (Å²) in [5.74, 6) is -0.670. The van der Waals surface area contributed by atoms with E-state index in [1.54, 1.807) is 47.4 Å². The number of halogens is 3. The molecule has 1 saturated heterocycles. The molecule has 3 aromatic carbocycles. The first-order chi connectivity index (χ1) is 17.8. The maximum absolute atomic E-state index is 14.4. The van der Waals surface area contributed by atoms with E-state index in [0.717, 1.165) is 43.6 Å². The number of carbonyl (C=O) groups excluding carboxylic acids is 2. The predicted octanol–water partition coefficient (Wildman–Crippen LogP) is 6.51. The van der Waals surface area contributed by atoms with Gasteiger partial charge in [-0.05, 0) is 79.5 Å². The number of esters is 1. The predicted molar refractivity (Wildman–Crippen MR) is 143 cm³/mol. The summed E-state index contributed by atoms with van der Waals surface area (Å²) < 4.78 is 19.1. The van der Waals surface area contributed by atoms with Crippen molar-refractivity contribution in [2.24, 2.45) is 0 Å². The van der Waals surface area contributed by atoms with Gasteiger partial charge in [0.25, 0.3) is 0 Å². The molecular weight excluding hydrogens is 516 g/mol. The van der Waals surface area contributed by atoms with Crippen LogP contribution in [0.3, 0.4) is 0 Å². The summed E-state index contributed by atoms with van der Waals surface area (Å²) in [5, 5.41) is 3.49. The fraction of sp³-hybridized carbons (Fsp3) is 0.286. The zero-order chi connectivity index (χ0) is 26.2. The first-order valence-corrected chi connectivity index (χ1v) is 12.8. The van der Waals surface area contributed by atoms with Gasteiger partial charge in [-0.2, -0.15) is 0 Å². The van der Waals surface area contributed by atoms with E-state index in [2.05, 4.69) is 10.2 Å². The fourth-order valence-electron chi connectivity index (χ4n) is 5.29. The van der Waals surface area contributed by atoms with Crippen LogP contribution in [0.2, 0.25) is 10.0 Å². The number of rotatable bonds is 4. The van der Waals surface area contributed by atoms with Gasteiger partial charge >= 0.3 is 12.0 Å². The first kappa shape index (κ1) is 25.5. The largest absolute Gasteiger partial charge is 0.465 e. The topological polar surface area (TPSA) is 61.9 Å². The third-order valence-electron chi connectivity index (χ3n) is 7.31. The number of amides is 2. The number of ether oxygens (including phenoxy) is 1. The number of hydrogen-bond donors (Lipinski definition) is 1. The van der Waals surface area contributed by atoms with Crippen molar-refractivity contribution < 1.29 is 18.7 Å². The van der Waals surface area contributed by atoms with Crippen molar-refractivity contribution >= 4 is 46.6 Å². The monoisotopic (exact) mass is 541 g/mol. The SMILES string of the molecule is COC(=O)c1ccc(CN2CCC3(CC2)CN(C(=O)Nc2cccc(Cl)c2Cl)c2ccc(F)cc23)cc1. The van der Waals surface area contributed by atoms with Gasteiger partial charge in [0.1, 0.15) is 5.82 Å². The second-order valence-corrected chi connectivity index (χ2v) is 10.3. The summed E-state index contributed by atoms with van der Waals surface area (Å²) in [6.45, 7) is 2.79. The Hall–Kier alpha value is -3.13. The van der Waals surface area contributed by atoms with E-state index in [4.69, 9.17) is 27.9 Å². The number of likely N-dealkylation sites (tertiary alicyclic amines) is 1. The molecular formula is C28H26Cl2FN3O3. The van der Waals surface area contributed by atoms with E-state index >= 15 is 0 Å². The molecule has 3 aromatic rings. The lowest BCUT2D eigenvalue weighted by atomic mass is 9.74. The molecule has 37 heavy (non-hydrogen) atoms. The van der Waals surface area contributed by atoms with E-state index in [1.165, 1.54) is 13.2 Å². The lowest BCUT2D eigenvalue weighted by molar-refractivity contribution is 0.0600. The molecule has 2 aliphatic heterocycles. The van der Waals surface area contributed by atoms with Crippen molar-refractivity contribution in [3.05, 3.63) is 93.2 Å². The van der Waals surface area contributed by atoms with Gasteiger partial charge < -0.3 is 10.1 Å². The molecule has 1 spiro atoms. The van der Waals surface area contributed by atoms with Crippen LogP contribution in [0, 0.1) is 5.82 Å². The Morgan fingerprint density at radius 1 is 1.05 bits per heavy atom. The molecule has 5 rings (SSSR count). The zero-order valence-electron chi connectivity index (χ0n) is 20.3. The Morgan fingerprint density at radius 2 is 1.78 bits per heavy atom. The molecule has 1 fully saturated rings. The van der Waals surface area contributed by atoms with Crippen molar-refractivity contribution in [3.63, 3.8) is 0 Å². The zero-order valence-corrected chi connectivity index (χ0v) is 21.8. The van der Waals surface area contributed by atoms with Gasteiger partial charge in [0.15, 0.2) is 0 Å². The Labute approximate surface area is 224 Å². The number of anilines is 2. The molecule has 0 aromatic heterocycles. The van der Waals surface area contributed by atoms with Gasteiger partial charge in [0.2, 0.25) is 0 Å². The van der Waals surface area contributed by atoms with Crippen molar-refractivity contribution in [3.8, 4) is 0 Å². The number of methoxy groups -OCH3 is 1. The number of carbonyl (C=O) groups is 2. The average molecular weight is 542 g/mol. The van der Waals surface area contributed by atoms with Crippen LogP contribution in [-0.2, 0) is 16.7 Å². The van der Waals surface area contributed by atoms with Crippen LogP contribution in [0.5, 0.6) is 0 Å². The molecule has 2 heterocycles. The second-order valence-electron chi connectivity index (χ2n) is 9.52. The molecule has 0 atom stereocenters. The highest BCUT2D eigenvalue weighted by atomic mass is 35.5. The summed E-state index contributed by atoms with van der Waals surface area (Å²) in [4.78, 5) is 29.0. The van der Waals surface area contributed by atoms with Crippen LogP contribution < -0.4 is 10.2 Å². The van der Waals surface area contributed by atoms with Crippen molar-refractivity contribution in [1.29, 1.82) is 0 Å². The molecule has 0 saturated carbocycles. The van der Waals surface area contributed by atoms with Crippen LogP contribution in [0.15, 0.2) is 60.7 Å². The van der Waals surface area contributed by atoms with Gasteiger partial charge in [-0.1, -0.05) is 41.4 Å². The molecule has 0 unspecified atom stereocenters. The minimum Gasteiger partial charge on any atom is -0.465 e. The molecule has 6 nitrogen and oxygen atoms in total. The van der Waals surface area contributed by atoms with Gasteiger partial charge in [-0.25, -0.2) is 14.0 Å². The maximum atomic E-state index is 14.4. The van der Waals surface area contributed by atoms with Crippen LogP contribution >= 0.6 is 23.2 Å². The quantitative estimate of drug-likeness (QED) is 0.382. The van der Waals surface area contributed by atoms with E-state index in [9.17, 15) is 14.0 Å². The van der Waals surface area contributed by atoms with Crippen LogP contribution in [-0.4, -0.2) is 43.6 Å². The molecule has 0 bridgehead atoms. The van der Waals surface area contributed by atoms with Crippen LogP contribution in [0.25, 0.3) is 0 Å². The standard InChI is InChI=1S/C28H26Cl2FN3O3/c1-37-26(35)19-7-5-18(6-8-19)16-33-13-11-28(12-14-33)17-34(24-10-9-20(31)15-21(24)28)27(36)32-23-4-2-3-22(29)25(23)30/h2-10,15H,11-14,16-17H2,1H3,(H,32,36). The van der Waals surface area contributed by atoms with Crippen molar-refractivity contribution in [1.82, 2.24) is 4.90 Å². The second kappa shape index (κ2) is 10.3. The number of hydrogen-bond acceptors (Lipinski definition) is 4. The van der Waals surface area contributed by atoms with Gasteiger partial charge in [-0.15, -0.1) is 0 Å². The van der Waals surface area contributed by atoms with Crippen molar-refractivity contribution in [2.75, 3.05) is 37.0 Å². The lowest BCUT2D eigenvalue weighted by Crippen LogP contribution is -2.46. The summed E-state index contributed by atoms with van der Waals surface area (Å²) in [6, 6.07) is 16.8. The Morgan fingerprint density at radius 3 is 2.49 bits per heavy atom. The lowest BCUT2D eigenvalue weighted by Gasteiger charge is -2.40. The first-order valence-electron chi connectivity index (χ1n) is 12.0. The Balaban J connectivity index is 1.31. The number of fused-ring (bicyclic) bond motifs is 2. The molecule has 0 radical (unpaired) electrons. The fourth-order valence-corrected chi connectivity index (χ4v) is 5.64. The molecule has 2 amide bonds. The van der Waals surface area contributed by atoms with E-state index < -0.39 is 0 Å². The molecule has 1 N–H and O–H groups in total. The van der Waals surface area contributed by atoms with E-state index in [-0.39, 0.29) is 28.3 Å². The van der Waals surface area contributed by atoms with E-state index in [1.807, 2.05) is 12.1 Å². The minimum absolute atomic E-state index is 0.277. The summed E-state index contributed by atoms with van der Waals surface area (Å²) in [5.41, 5.74) is 3.28. The highest BCUT2D eigenvalue weighted by Gasteiger charge is 2.46. The maximum Gasteiger partial charge on any atom is 0.337 e.